The summed E-state index contributed by atoms with van der Waals surface area (Å²) >= 11 is 0. The van der Waals surface area contributed by atoms with Gasteiger partial charge in [0.2, 0.25) is 10.0 Å². The number of hydrogen-bond donors (Lipinski definition) is 0. The predicted octanol–water partition coefficient (Wildman–Crippen LogP) is 3.17. The lowest BCUT2D eigenvalue weighted by atomic mass is 10.0. The Bertz CT molecular complexity index is 813. The number of methoxy groups -OCH3 is 1. The lowest BCUT2D eigenvalue weighted by Crippen LogP contribution is -2.34. The van der Waals surface area contributed by atoms with Crippen molar-refractivity contribution in [1.82, 2.24) is 4.31 Å². The SMILES string of the molecule is COc1ccccc1S(=O)(=O)N1CC=C(c2ccccc2)CC1. The third kappa shape index (κ3) is 3.16. The molecule has 3 rings (SSSR count). The Kier molecular flexibility index (Phi) is 4.50. The predicted molar refractivity (Wildman–Crippen MR) is 90.8 cm³/mol. The highest BCUT2D eigenvalue weighted by Crippen LogP contribution is 2.29. The molecular formula is C18H19NO3S. The highest BCUT2D eigenvalue weighted by Gasteiger charge is 2.28. The first-order valence-electron chi connectivity index (χ1n) is 7.50. The molecule has 0 saturated heterocycles. The van der Waals surface area contributed by atoms with Crippen LogP contribution in [0.2, 0.25) is 0 Å². The topological polar surface area (TPSA) is 46.6 Å². The van der Waals surface area contributed by atoms with Crippen molar-refractivity contribution < 1.29 is 13.2 Å². The van der Waals surface area contributed by atoms with Gasteiger partial charge in [-0.05, 0) is 29.7 Å². The second kappa shape index (κ2) is 6.56. The van der Waals surface area contributed by atoms with E-state index in [4.69, 9.17) is 4.74 Å². The van der Waals surface area contributed by atoms with E-state index in [1.807, 2.05) is 24.3 Å². The number of para-hydroxylation sites is 1. The molecular weight excluding hydrogens is 310 g/mol. The van der Waals surface area contributed by atoms with E-state index in [0.29, 0.717) is 25.3 Å². The summed E-state index contributed by atoms with van der Waals surface area (Å²) in [4.78, 5) is 0.221. The van der Waals surface area contributed by atoms with Crippen molar-refractivity contribution in [2.24, 2.45) is 0 Å². The van der Waals surface area contributed by atoms with Gasteiger partial charge in [0.1, 0.15) is 10.6 Å². The minimum atomic E-state index is -3.55. The average molecular weight is 329 g/mol. The number of hydrogen-bond acceptors (Lipinski definition) is 3. The van der Waals surface area contributed by atoms with Crippen LogP contribution in [-0.4, -0.2) is 32.9 Å². The van der Waals surface area contributed by atoms with Crippen molar-refractivity contribution in [3.05, 3.63) is 66.2 Å². The fourth-order valence-electron chi connectivity index (χ4n) is 2.75. The van der Waals surface area contributed by atoms with Crippen LogP contribution in [0.1, 0.15) is 12.0 Å². The van der Waals surface area contributed by atoms with E-state index in [-0.39, 0.29) is 4.90 Å². The minimum absolute atomic E-state index is 0.221. The van der Waals surface area contributed by atoms with Crippen LogP contribution in [0.3, 0.4) is 0 Å². The maximum absolute atomic E-state index is 12.8. The molecule has 0 fully saturated rings. The van der Waals surface area contributed by atoms with Crippen molar-refractivity contribution in [2.75, 3.05) is 20.2 Å². The van der Waals surface area contributed by atoms with Gasteiger partial charge in [0.15, 0.2) is 0 Å². The zero-order valence-corrected chi connectivity index (χ0v) is 13.8. The molecule has 4 nitrogen and oxygen atoms in total. The van der Waals surface area contributed by atoms with Gasteiger partial charge >= 0.3 is 0 Å². The van der Waals surface area contributed by atoms with Gasteiger partial charge in [-0.2, -0.15) is 4.31 Å². The number of rotatable bonds is 4. The molecule has 23 heavy (non-hydrogen) atoms. The molecule has 120 valence electrons. The largest absolute Gasteiger partial charge is 0.495 e. The van der Waals surface area contributed by atoms with Crippen LogP contribution < -0.4 is 4.74 Å². The average Bonchev–Trinajstić information content (AvgIpc) is 2.62. The van der Waals surface area contributed by atoms with Gasteiger partial charge in [-0.15, -0.1) is 0 Å². The van der Waals surface area contributed by atoms with Crippen LogP contribution in [0.15, 0.2) is 65.6 Å². The van der Waals surface area contributed by atoms with E-state index in [1.54, 1.807) is 24.3 Å². The van der Waals surface area contributed by atoms with E-state index in [9.17, 15) is 8.42 Å². The molecule has 2 aromatic carbocycles. The van der Waals surface area contributed by atoms with Gasteiger partial charge in [0, 0.05) is 13.1 Å². The number of benzene rings is 2. The molecule has 0 aliphatic carbocycles. The summed E-state index contributed by atoms with van der Waals surface area (Å²) < 4.78 is 32.3. The van der Waals surface area contributed by atoms with Crippen LogP contribution >= 0.6 is 0 Å². The fourth-order valence-corrected chi connectivity index (χ4v) is 4.29. The number of nitrogens with zero attached hydrogens (tertiary/aromatic N) is 1. The molecule has 0 atom stereocenters. The van der Waals surface area contributed by atoms with E-state index < -0.39 is 10.0 Å². The Hall–Kier alpha value is -2.11. The molecule has 0 amide bonds. The Balaban J connectivity index is 1.85. The Morgan fingerprint density at radius 3 is 2.35 bits per heavy atom. The molecule has 1 aliphatic rings. The van der Waals surface area contributed by atoms with Gasteiger partial charge in [0.25, 0.3) is 0 Å². The molecule has 0 saturated carbocycles. The summed E-state index contributed by atoms with van der Waals surface area (Å²) in [7, 11) is -2.06. The third-order valence-corrected chi connectivity index (χ3v) is 5.91. The maximum atomic E-state index is 12.8. The van der Waals surface area contributed by atoms with Gasteiger partial charge in [-0.3, -0.25) is 0 Å². The first kappa shape index (κ1) is 15.8. The second-order valence-corrected chi connectivity index (χ2v) is 7.27. The molecule has 0 N–H and O–H groups in total. The van der Waals surface area contributed by atoms with Crippen LogP contribution in [-0.2, 0) is 10.0 Å². The second-order valence-electron chi connectivity index (χ2n) is 5.36. The normalized spacial score (nSPS) is 16.0. The number of ether oxygens (including phenoxy) is 1. The summed E-state index contributed by atoms with van der Waals surface area (Å²) in [5, 5.41) is 0. The van der Waals surface area contributed by atoms with Gasteiger partial charge in [0.05, 0.1) is 7.11 Å². The summed E-state index contributed by atoms with van der Waals surface area (Å²) in [6, 6.07) is 16.8. The van der Waals surface area contributed by atoms with Crippen molar-refractivity contribution in [1.29, 1.82) is 0 Å². The molecule has 0 radical (unpaired) electrons. The lowest BCUT2D eigenvalue weighted by Gasteiger charge is -2.26. The molecule has 1 heterocycles. The van der Waals surface area contributed by atoms with Crippen LogP contribution in [0.5, 0.6) is 5.75 Å². The minimum Gasteiger partial charge on any atom is -0.495 e. The molecule has 0 bridgehead atoms. The highest BCUT2D eigenvalue weighted by atomic mass is 32.2. The first-order valence-corrected chi connectivity index (χ1v) is 8.94. The van der Waals surface area contributed by atoms with Crippen LogP contribution in [0.25, 0.3) is 5.57 Å². The number of sulfonamides is 1. The molecule has 1 aliphatic heterocycles. The molecule has 0 unspecified atom stereocenters. The van der Waals surface area contributed by atoms with Crippen molar-refractivity contribution in [3.63, 3.8) is 0 Å². The smallest absolute Gasteiger partial charge is 0.247 e. The van der Waals surface area contributed by atoms with Gasteiger partial charge in [-0.25, -0.2) is 8.42 Å². The monoisotopic (exact) mass is 329 g/mol. The van der Waals surface area contributed by atoms with Crippen LogP contribution in [0.4, 0.5) is 0 Å². The van der Waals surface area contributed by atoms with Crippen LogP contribution in [0, 0.1) is 0 Å². The summed E-state index contributed by atoms with van der Waals surface area (Å²) in [6.07, 6.45) is 2.70. The molecule has 0 aromatic heterocycles. The van der Waals surface area contributed by atoms with Gasteiger partial charge < -0.3 is 4.74 Å². The van der Waals surface area contributed by atoms with E-state index in [1.165, 1.54) is 17.0 Å². The zero-order valence-electron chi connectivity index (χ0n) is 13.0. The lowest BCUT2D eigenvalue weighted by molar-refractivity contribution is 0.395. The first-order chi connectivity index (χ1) is 11.1. The Morgan fingerprint density at radius 1 is 1.00 bits per heavy atom. The summed E-state index contributed by atoms with van der Waals surface area (Å²) in [5.74, 6) is 0.380. The maximum Gasteiger partial charge on any atom is 0.247 e. The molecule has 0 spiro atoms. The van der Waals surface area contributed by atoms with Crippen molar-refractivity contribution in [3.8, 4) is 5.75 Å². The third-order valence-electron chi connectivity index (χ3n) is 4.00. The quantitative estimate of drug-likeness (QED) is 0.865. The fraction of sp³-hybridized carbons (Fsp3) is 0.222. The van der Waals surface area contributed by atoms with Crippen molar-refractivity contribution >= 4 is 15.6 Å². The standard InChI is InChI=1S/C18H19NO3S/c1-22-17-9-5-6-10-18(17)23(20,21)19-13-11-16(12-14-19)15-7-3-2-4-8-15/h2-11H,12-14H2,1H3. The molecule has 2 aromatic rings. The Labute approximate surface area is 137 Å². The van der Waals surface area contributed by atoms with Crippen molar-refractivity contribution in [2.45, 2.75) is 11.3 Å². The van der Waals surface area contributed by atoms with Gasteiger partial charge in [-0.1, -0.05) is 48.5 Å². The Morgan fingerprint density at radius 2 is 1.70 bits per heavy atom. The van der Waals surface area contributed by atoms with E-state index in [2.05, 4.69) is 12.1 Å². The van der Waals surface area contributed by atoms with E-state index >= 15 is 0 Å². The molecule has 5 heteroatoms. The summed E-state index contributed by atoms with van der Waals surface area (Å²) in [5.41, 5.74) is 2.35. The van der Waals surface area contributed by atoms with E-state index in [0.717, 1.165) is 5.56 Å². The highest BCUT2D eigenvalue weighted by molar-refractivity contribution is 7.89. The zero-order chi connectivity index (χ0) is 16.3. The summed E-state index contributed by atoms with van der Waals surface area (Å²) in [6.45, 7) is 0.853.